The van der Waals surface area contributed by atoms with Crippen LogP contribution in [0.3, 0.4) is 0 Å². The van der Waals surface area contributed by atoms with Gasteiger partial charge in [-0.1, -0.05) is 25.1 Å². The molecule has 0 saturated carbocycles. The van der Waals surface area contributed by atoms with Gasteiger partial charge in [0, 0.05) is 43.0 Å². The number of carbonyl (C=O) groups is 1. The molecule has 0 bridgehead atoms. The van der Waals surface area contributed by atoms with E-state index in [2.05, 4.69) is 25.7 Å². The summed E-state index contributed by atoms with van der Waals surface area (Å²) in [5.41, 5.74) is 2.96. The Morgan fingerprint density at radius 3 is 2.77 bits per heavy atom. The largest absolute Gasteiger partial charge is 0.378 e. The minimum absolute atomic E-state index is 0.167. The average Bonchev–Trinajstić information content (AvgIpc) is 3.39. The van der Waals surface area contributed by atoms with Crippen LogP contribution < -0.4 is 10.2 Å². The highest BCUT2D eigenvalue weighted by Gasteiger charge is 2.14. The highest BCUT2D eigenvalue weighted by atomic mass is 16.5. The van der Waals surface area contributed by atoms with E-state index in [-0.39, 0.29) is 18.4 Å². The molecular weight excluding hydrogens is 382 g/mol. The molecule has 0 atom stereocenters. The predicted octanol–water partition coefficient (Wildman–Crippen LogP) is 2.90. The molecule has 0 aliphatic heterocycles. The van der Waals surface area contributed by atoms with Crippen LogP contribution in [0.15, 0.2) is 47.1 Å². The zero-order valence-electron chi connectivity index (χ0n) is 17.3. The third kappa shape index (κ3) is 3.86. The number of nitrogens with one attached hydrogen (secondary N) is 1. The van der Waals surface area contributed by atoms with Gasteiger partial charge in [0.1, 0.15) is 0 Å². The fourth-order valence-electron chi connectivity index (χ4n) is 2.97. The third-order valence-corrected chi connectivity index (χ3v) is 4.72. The molecule has 0 saturated heterocycles. The van der Waals surface area contributed by atoms with Gasteiger partial charge in [-0.15, -0.1) is 10.2 Å². The van der Waals surface area contributed by atoms with Crippen molar-refractivity contribution < 1.29 is 9.32 Å². The van der Waals surface area contributed by atoms with Crippen LogP contribution in [0.5, 0.6) is 0 Å². The van der Waals surface area contributed by atoms with Crippen LogP contribution in [0.1, 0.15) is 41.8 Å². The van der Waals surface area contributed by atoms with E-state index in [0.717, 1.165) is 11.3 Å². The van der Waals surface area contributed by atoms with Crippen LogP contribution >= 0.6 is 0 Å². The maximum atomic E-state index is 12.5. The number of hydrogen-bond acceptors (Lipinski definition) is 7. The molecule has 0 unspecified atom stereocenters. The van der Waals surface area contributed by atoms with Crippen molar-refractivity contribution in [3.05, 3.63) is 59.8 Å². The number of rotatable bonds is 6. The Balaban J connectivity index is 1.50. The van der Waals surface area contributed by atoms with Gasteiger partial charge in [-0.25, -0.2) is 0 Å². The van der Waals surface area contributed by atoms with Gasteiger partial charge in [-0.2, -0.15) is 4.98 Å². The lowest BCUT2D eigenvalue weighted by Gasteiger charge is -2.13. The summed E-state index contributed by atoms with van der Waals surface area (Å²) >= 11 is 0. The average molecular weight is 405 g/mol. The van der Waals surface area contributed by atoms with Crippen molar-refractivity contribution in [2.75, 3.05) is 19.0 Å². The fourth-order valence-corrected chi connectivity index (χ4v) is 2.97. The number of fused-ring (bicyclic) bond motifs is 1. The first-order valence-corrected chi connectivity index (χ1v) is 9.65. The Kier molecular flexibility index (Phi) is 5.18. The number of benzene rings is 1. The maximum Gasteiger partial charge on any atom is 0.258 e. The Bertz CT molecular complexity index is 1190. The standard InChI is InChI=1S/C21H23N7O2/c1-13(2)19-23-21(30-26-19)15-8-9-28-17(11-15)24-25-18(28)12-22-20(29)14-6-5-7-16(10-14)27(3)4/h5-11,13H,12H2,1-4H3,(H,22,29). The number of pyridine rings is 1. The molecule has 0 radical (unpaired) electrons. The van der Waals surface area contributed by atoms with Crippen molar-refractivity contribution in [2.45, 2.75) is 26.3 Å². The molecule has 4 rings (SSSR count). The van der Waals surface area contributed by atoms with E-state index in [1.165, 1.54) is 0 Å². The van der Waals surface area contributed by atoms with Crippen molar-refractivity contribution in [3.63, 3.8) is 0 Å². The Morgan fingerprint density at radius 1 is 1.20 bits per heavy atom. The lowest BCUT2D eigenvalue weighted by molar-refractivity contribution is 0.0950. The summed E-state index contributed by atoms with van der Waals surface area (Å²) in [6.07, 6.45) is 1.83. The summed E-state index contributed by atoms with van der Waals surface area (Å²) in [5.74, 6) is 1.75. The minimum atomic E-state index is -0.167. The molecule has 1 amide bonds. The number of nitrogens with zero attached hydrogens (tertiary/aromatic N) is 6. The van der Waals surface area contributed by atoms with Crippen LogP contribution in [0, 0.1) is 0 Å². The molecule has 1 aromatic carbocycles. The monoisotopic (exact) mass is 405 g/mol. The quantitative estimate of drug-likeness (QED) is 0.526. The SMILES string of the molecule is CC(C)c1noc(-c2ccn3c(CNC(=O)c4cccc(N(C)C)c4)nnc3c2)n1. The second-order valence-electron chi connectivity index (χ2n) is 7.50. The van der Waals surface area contributed by atoms with Gasteiger partial charge in [-0.05, 0) is 30.3 Å². The van der Waals surface area contributed by atoms with Crippen molar-refractivity contribution in [2.24, 2.45) is 0 Å². The normalized spacial score (nSPS) is 11.2. The third-order valence-electron chi connectivity index (χ3n) is 4.72. The van der Waals surface area contributed by atoms with Gasteiger partial charge in [0.15, 0.2) is 17.3 Å². The van der Waals surface area contributed by atoms with E-state index < -0.39 is 0 Å². The van der Waals surface area contributed by atoms with E-state index in [4.69, 9.17) is 4.52 Å². The summed E-state index contributed by atoms with van der Waals surface area (Å²) in [4.78, 5) is 18.9. The van der Waals surface area contributed by atoms with Gasteiger partial charge >= 0.3 is 0 Å². The van der Waals surface area contributed by atoms with Gasteiger partial charge in [0.05, 0.1) is 6.54 Å². The summed E-state index contributed by atoms with van der Waals surface area (Å²) in [5, 5.41) is 15.3. The summed E-state index contributed by atoms with van der Waals surface area (Å²) in [6, 6.07) is 11.1. The Morgan fingerprint density at radius 2 is 2.03 bits per heavy atom. The predicted molar refractivity (Wildman–Crippen MR) is 112 cm³/mol. The molecule has 3 aromatic heterocycles. The Labute approximate surface area is 173 Å². The first-order valence-electron chi connectivity index (χ1n) is 9.65. The fraction of sp³-hybridized carbons (Fsp3) is 0.286. The molecule has 3 heterocycles. The molecular formula is C21H23N7O2. The van der Waals surface area contributed by atoms with Crippen molar-refractivity contribution in [3.8, 4) is 11.5 Å². The topological polar surface area (TPSA) is 101 Å². The van der Waals surface area contributed by atoms with Gasteiger partial charge in [0.2, 0.25) is 0 Å². The highest BCUT2D eigenvalue weighted by Crippen LogP contribution is 2.21. The zero-order valence-corrected chi connectivity index (χ0v) is 17.3. The van der Waals surface area contributed by atoms with Gasteiger partial charge < -0.3 is 14.7 Å². The smallest absolute Gasteiger partial charge is 0.258 e. The first kappa shape index (κ1) is 19.6. The number of hydrogen-bond donors (Lipinski definition) is 1. The maximum absolute atomic E-state index is 12.5. The Hall–Kier alpha value is -3.75. The van der Waals surface area contributed by atoms with Crippen LogP contribution in [0.25, 0.3) is 17.1 Å². The van der Waals surface area contributed by atoms with E-state index in [1.807, 2.05) is 73.8 Å². The number of carbonyl (C=O) groups excluding carboxylic acids is 1. The molecule has 9 nitrogen and oxygen atoms in total. The summed E-state index contributed by atoms with van der Waals surface area (Å²) in [6.45, 7) is 4.27. The lowest BCUT2D eigenvalue weighted by atomic mass is 10.2. The second-order valence-corrected chi connectivity index (χ2v) is 7.50. The van der Waals surface area contributed by atoms with Crippen molar-refractivity contribution in [1.29, 1.82) is 0 Å². The van der Waals surface area contributed by atoms with E-state index >= 15 is 0 Å². The summed E-state index contributed by atoms with van der Waals surface area (Å²) in [7, 11) is 3.87. The van der Waals surface area contributed by atoms with Gasteiger partial charge in [-0.3, -0.25) is 9.20 Å². The van der Waals surface area contributed by atoms with Crippen LogP contribution in [0.4, 0.5) is 5.69 Å². The van der Waals surface area contributed by atoms with Gasteiger partial charge in [0.25, 0.3) is 11.8 Å². The molecule has 0 fully saturated rings. The summed E-state index contributed by atoms with van der Waals surface area (Å²) < 4.78 is 7.16. The van der Waals surface area contributed by atoms with E-state index in [9.17, 15) is 4.79 Å². The molecule has 154 valence electrons. The molecule has 4 aromatic rings. The number of amides is 1. The molecule has 9 heteroatoms. The molecule has 30 heavy (non-hydrogen) atoms. The van der Waals surface area contributed by atoms with Crippen LogP contribution in [-0.4, -0.2) is 44.7 Å². The van der Waals surface area contributed by atoms with E-state index in [1.54, 1.807) is 6.07 Å². The van der Waals surface area contributed by atoms with E-state index in [0.29, 0.717) is 28.8 Å². The number of aromatic nitrogens is 5. The highest BCUT2D eigenvalue weighted by molar-refractivity contribution is 5.95. The molecule has 0 spiro atoms. The number of anilines is 1. The molecule has 1 N–H and O–H groups in total. The zero-order chi connectivity index (χ0) is 21.3. The van der Waals surface area contributed by atoms with Crippen molar-refractivity contribution >= 4 is 17.2 Å². The minimum Gasteiger partial charge on any atom is -0.378 e. The lowest BCUT2D eigenvalue weighted by Crippen LogP contribution is -2.24. The first-order chi connectivity index (χ1) is 14.4. The molecule has 0 aliphatic rings. The second kappa shape index (κ2) is 7.94. The molecule has 0 aliphatic carbocycles. The van der Waals surface area contributed by atoms with Crippen LogP contribution in [-0.2, 0) is 6.54 Å². The van der Waals surface area contributed by atoms with Crippen LogP contribution in [0.2, 0.25) is 0 Å². The van der Waals surface area contributed by atoms with Crippen molar-refractivity contribution in [1.82, 2.24) is 30.1 Å².